The van der Waals surface area contributed by atoms with E-state index in [1.54, 1.807) is 24.3 Å². The molecule has 6 nitrogen and oxygen atoms in total. The van der Waals surface area contributed by atoms with Gasteiger partial charge in [-0.15, -0.1) is 0 Å². The highest BCUT2D eigenvalue weighted by atomic mass is 19.2. The van der Waals surface area contributed by atoms with Crippen molar-refractivity contribution in [2.24, 2.45) is 5.92 Å². The number of anilines is 1. The van der Waals surface area contributed by atoms with E-state index in [2.05, 4.69) is 10.3 Å². The number of benzene rings is 2. The number of likely N-dealkylation sites (tertiary alicyclic amines) is 1. The van der Waals surface area contributed by atoms with Crippen molar-refractivity contribution in [3.05, 3.63) is 65.1 Å². The molecule has 0 spiro atoms. The molecule has 3 aromatic rings. The van der Waals surface area contributed by atoms with Crippen molar-refractivity contribution in [2.45, 2.75) is 6.42 Å². The SMILES string of the molecule is N#Cc1ccc2[nH]c(C(=O)N3CC[C@H](C(=O)Nc4cc(F)c(F)c(F)c4)C3)cc2c1. The van der Waals surface area contributed by atoms with Gasteiger partial charge in [-0.1, -0.05) is 0 Å². The number of fused-ring (bicyclic) bond motifs is 1. The Bertz CT molecular complexity index is 1190. The molecule has 30 heavy (non-hydrogen) atoms. The highest BCUT2D eigenvalue weighted by Crippen LogP contribution is 2.24. The first-order valence-electron chi connectivity index (χ1n) is 9.13. The molecule has 1 aromatic heterocycles. The third kappa shape index (κ3) is 3.59. The number of nitrogens with zero attached hydrogens (tertiary/aromatic N) is 2. The van der Waals surface area contributed by atoms with Crippen molar-refractivity contribution in [1.29, 1.82) is 5.26 Å². The molecule has 1 saturated heterocycles. The Morgan fingerprint density at radius 1 is 1.13 bits per heavy atom. The fourth-order valence-electron chi connectivity index (χ4n) is 3.52. The van der Waals surface area contributed by atoms with Gasteiger partial charge in [0.05, 0.1) is 17.6 Å². The average Bonchev–Trinajstić information content (AvgIpc) is 3.38. The number of aromatic nitrogens is 1. The Balaban J connectivity index is 1.44. The predicted octanol–water partition coefficient (Wildman–Crippen LogP) is 3.56. The van der Waals surface area contributed by atoms with Crippen molar-refractivity contribution < 1.29 is 22.8 Å². The highest BCUT2D eigenvalue weighted by molar-refractivity contribution is 5.99. The van der Waals surface area contributed by atoms with E-state index in [0.29, 0.717) is 41.9 Å². The number of H-pyrrole nitrogens is 1. The molecule has 1 aliphatic heterocycles. The monoisotopic (exact) mass is 412 g/mol. The molecule has 0 bridgehead atoms. The van der Waals surface area contributed by atoms with Crippen LogP contribution in [-0.4, -0.2) is 34.8 Å². The second kappa shape index (κ2) is 7.55. The second-order valence-electron chi connectivity index (χ2n) is 7.08. The van der Waals surface area contributed by atoms with Gasteiger partial charge < -0.3 is 15.2 Å². The summed E-state index contributed by atoms with van der Waals surface area (Å²) in [6.45, 7) is 0.470. The molecule has 152 valence electrons. The van der Waals surface area contributed by atoms with E-state index in [1.165, 1.54) is 4.90 Å². The van der Waals surface area contributed by atoms with E-state index < -0.39 is 29.3 Å². The number of rotatable bonds is 3. The summed E-state index contributed by atoms with van der Waals surface area (Å²) in [5.74, 6) is -5.77. The number of carbonyl (C=O) groups is 2. The number of nitrogens with one attached hydrogen (secondary N) is 2. The van der Waals surface area contributed by atoms with Gasteiger partial charge in [0.15, 0.2) is 17.5 Å². The van der Waals surface area contributed by atoms with Gasteiger partial charge in [-0.25, -0.2) is 13.2 Å². The van der Waals surface area contributed by atoms with E-state index in [4.69, 9.17) is 5.26 Å². The maximum Gasteiger partial charge on any atom is 0.270 e. The van der Waals surface area contributed by atoms with Crippen LogP contribution in [0.2, 0.25) is 0 Å². The van der Waals surface area contributed by atoms with Crippen molar-refractivity contribution in [2.75, 3.05) is 18.4 Å². The molecule has 2 amide bonds. The maximum absolute atomic E-state index is 13.3. The fourth-order valence-corrected chi connectivity index (χ4v) is 3.52. The van der Waals surface area contributed by atoms with Crippen LogP contribution in [0, 0.1) is 34.7 Å². The first kappa shape index (κ1) is 19.5. The Hall–Kier alpha value is -3.80. The molecule has 0 unspecified atom stereocenters. The van der Waals surface area contributed by atoms with Crippen LogP contribution in [0.25, 0.3) is 10.9 Å². The zero-order chi connectivity index (χ0) is 21.4. The summed E-state index contributed by atoms with van der Waals surface area (Å²) in [7, 11) is 0. The molecular weight excluding hydrogens is 397 g/mol. The van der Waals surface area contributed by atoms with Crippen LogP contribution >= 0.6 is 0 Å². The fraction of sp³-hybridized carbons (Fsp3) is 0.190. The van der Waals surface area contributed by atoms with Gasteiger partial charge in [-0.3, -0.25) is 9.59 Å². The van der Waals surface area contributed by atoms with Gasteiger partial charge in [-0.05, 0) is 30.7 Å². The van der Waals surface area contributed by atoms with Crippen LogP contribution in [0.3, 0.4) is 0 Å². The minimum absolute atomic E-state index is 0.135. The summed E-state index contributed by atoms with van der Waals surface area (Å²) < 4.78 is 39.7. The lowest BCUT2D eigenvalue weighted by Crippen LogP contribution is -2.31. The van der Waals surface area contributed by atoms with Gasteiger partial charge in [0.2, 0.25) is 5.91 Å². The van der Waals surface area contributed by atoms with Crippen LogP contribution in [0.5, 0.6) is 0 Å². The normalized spacial score (nSPS) is 15.9. The van der Waals surface area contributed by atoms with Crippen molar-refractivity contribution in [3.8, 4) is 6.07 Å². The van der Waals surface area contributed by atoms with E-state index in [0.717, 1.165) is 5.39 Å². The number of hydrogen-bond acceptors (Lipinski definition) is 3. The van der Waals surface area contributed by atoms with Gasteiger partial charge in [0.1, 0.15) is 5.69 Å². The van der Waals surface area contributed by atoms with Crippen LogP contribution in [0.4, 0.5) is 18.9 Å². The molecule has 9 heteroatoms. The van der Waals surface area contributed by atoms with Gasteiger partial charge in [-0.2, -0.15) is 5.26 Å². The maximum atomic E-state index is 13.3. The number of amides is 2. The summed E-state index contributed by atoms with van der Waals surface area (Å²) in [6, 6.07) is 10.1. The smallest absolute Gasteiger partial charge is 0.270 e. The molecule has 2 heterocycles. The minimum atomic E-state index is -1.61. The van der Waals surface area contributed by atoms with E-state index >= 15 is 0 Å². The third-order valence-corrected chi connectivity index (χ3v) is 5.08. The number of carbonyl (C=O) groups excluding carboxylic acids is 2. The van der Waals surface area contributed by atoms with Crippen LogP contribution < -0.4 is 5.32 Å². The van der Waals surface area contributed by atoms with Crippen LogP contribution in [-0.2, 0) is 4.79 Å². The molecule has 0 aliphatic carbocycles. The van der Waals surface area contributed by atoms with Crippen molar-refractivity contribution in [3.63, 3.8) is 0 Å². The Kier molecular flexibility index (Phi) is 4.91. The molecule has 0 radical (unpaired) electrons. The Morgan fingerprint density at radius 3 is 2.57 bits per heavy atom. The van der Waals surface area contributed by atoms with Crippen molar-refractivity contribution >= 4 is 28.4 Å². The molecule has 2 aromatic carbocycles. The topological polar surface area (TPSA) is 89.0 Å². The summed E-state index contributed by atoms with van der Waals surface area (Å²) >= 11 is 0. The summed E-state index contributed by atoms with van der Waals surface area (Å²) in [6.07, 6.45) is 0.378. The van der Waals surface area contributed by atoms with E-state index in [9.17, 15) is 22.8 Å². The number of nitriles is 1. The average molecular weight is 412 g/mol. The quantitative estimate of drug-likeness (QED) is 0.645. The van der Waals surface area contributed by atoms with Gasteiger partial charge >= 0.3 is 0 Å². The van der Waals surface area contributed by atoms with Gasteiger partial charge in [0.25, 0.3) is 5.91 Å². The molecule has 2 N–H and O–H groups in total. The molecule has 4 rings (SSSR count). The second-order valence-corrected chi connectivity index (χ2v) is 7.08. The summed E-state index contributed by atoms with van der Waals surface area (Å²) in [4.78, 5) is 29.7. The lowest BCUT2D eigenvalue weighted by molar-refractivity contribution is -0.119. The Morgan fingerprint density at radius 2 is 1.87 bits per heavy atom. The van der Waals surface area contributed by atoms with Crippen LogP contribution in [0.1, 0.15) is 22.5 Å². The van der Waals surface area contributed by atoms with E-state index in [1.807, 2.05) is 6.07 Å². The molecule has 1 atom stereocenters. The molecule has 0 saturated carbocycles. The van der Waals surface area contributed by atoms with Gasteiger partial charge in [0, 0.05) is 41.8 Å². The standard InChI is InChI=1S/C21H15F3N4O2/c22-15-7-14(8-16(23)19(15)24)26-20(29)12-3-4-28(10-12)21(30)18-6-13-5-11(9-25)1-2-17(13)27-18/h1-2,5-8,12,27H,3-4,10H2,(H,26,29)/t12-/m0/s1. The Labute approximate surface area is 168 Å². The predicted molar refractivity (Wildman–Crippen MR) is 102 cm³/mol. The van der Waals surface area contributed by atoms with Crippen molar-refractivity contribution in [1.82, 2.24) is 9.88 Å². The molecule has 1 aliphatic rings. The number of aromatic amines is 1. The number of hydrogen-bond donors (Lipinski definition) is 2. The zero-order valence-corrected chi connectivity index (χ0v) is 15.5. The molecule has 1 fully saturated rings. The lowest BCUT2D eigenvalue weighted by atomic mass is 10.1. The number of halogens is 3. The minimum Gasteiger partial charge on any atom is -0.351 e. The molecular formula is C21H15F3N4O2. The largest absolute Gasteiger partial charge is 0.351 e. The van der Waals surface area contributed by atoms with Crippen LogP contribution in [0.15, 0.2) is 36.4 Å². The summed E-state index contributed by atoms with van der Waals surface area (Å²) in [5, 5.41) is 12.1. The zero-order valence-electron chi connectivity index (χ0n) is 15.5. The first-order valence-corrected chi connectivity index (χ1v) is 9.13. The van der Waals surface area contributed by atoms with E-state index in [-0.39, 0.29) is 18.1 Å². The summed E-state index contributed by atoms with van der Waals surface area (Å²) in [5.41, 5.74) is 1.34. The first-order chi connectivity index (χ1) is 14.4. The lowest BCUT2D eigenvalue weighted by Gasteiger charge is -2.15. The highest BCUT2D eigenvalue weighted by Gasteiger charge is 2.32. The third-order valence-electron chi connectivity index (χ3n) is 5.08.